The highest BCUT2D eigenvalue weighted by Crippen LogP contribution is 2.38. The summed E-state index contributed by atoms with van der Waals surface area (Å²) in [4.78, 5) is 26.8. The average Bonchev–Trinajstić information content (AvgIpc) is 3.18. The molecule has 198 valence electrons. The van der Waals surface area contributed by atoms with Gasteiger partial charge in [-0.1, -0.05) is 105 Å². The molecule has 2 aromatic carbocycles. The van der Waals surface area contributed by atoms with Crippen molar-refractivity contribution in [3.63, 3.8) is 0 Å². The number of rotatable bonds is 4. The molecule has 2 aliphatic rings. The summed E-state index contributed by atoms with van der Waals surface area (Å²) in [6.45, 7) is 8.45. The molecule has 38 heavy (non-hydrogen) atoms. The van der Waals surface area contributed by atoms with Crippen molar-refractivity contribution in [1.29, 1.82) is 0 Å². The number of hydrogen-bond acceptors (Lipinski definition) is 5. The smallest absolute Gasteiger partial charge is 0.348 e. The van der Waals surface area contributed by atoms with E-state index in [1.165, 1.54) is 5.57 Å². The van der Waals surface area contributed by atoms with Crippen molar-refractivity contribution in [3.8, 4) is 0 Å². The first kappa shape index (κ1) is 27.2. The number of hydrogen-bond donors (Lipinski definition) is 1. The van der Waals surface area contributed by atoms with Gasteiger partial charge in [-0.05, 0) is 49.7 Å². The summed E-state index contributed by atoms with van der Waals surface area (Å²) in [6.07, 6.45) is 9.72. The van der Waals surface area contributed by atoms with Gasteiger partial charge in [0.1, 0.15) is 17.3 Å². The third-order valence-electron chi connectivity index (χ3n) is 7.26. The minimum atomic E-state index is -0.710. The zero-order chi connectivity index (χ0) is 27.3. The maximum Gasteiger partial charge on any atom is 0.348 e. The summed E-state index contributed by atoms with van der Waals surface area (Å²) in [6, 6.07) is 17.7. The van der Waals surface area contributed by atoms with E-state index in [4.69, 9.17) is 9.47 Å². The first-order valence-corrected chi connectivity index (χ1v) is 13.2. The third kappa shape index (κ3) is 6.16. The van der Waals surface area contributed by atoms with Gasteiger partial charge in [0.05, 0.1) is 0 Å². The zero-order valence-corrected chi connectivity index (χ0v) is 22.6. The van der Waals surface area contributed by atoms with Gasteiger partial charge in [-0.15, -0.1) is 0 Å². The molecule has 0 aromatic heterocycles. The minimum Gasteiger partial charge on any atom is -0.504 e. The van der Waals surface area contributed by atoms with Crippen LogP contribution in [0.3, 0.4) is 0 Å². The largest absolute Gasteiger partial charge is 0.504 e. The van der Waals surface area contributed by atoms with E-state index in [0.29, 0.717) is 23.5 Å². The van der Waals surface area contributed by atoms with Gasteiger partial charge >= 0.3 is 11.9 Å². The Bertz CT molecular complexity index is 1300. The quantitative estimate of drug-likeness (QED) is 0.260. The summed E-state index contributed by atoms with van der Waals surface area (Å²) in [5.74, 6) is -1.49. The van der Waals surface area contributed by atoms with Crippen molar-refractivity contribution in [2.45, 2.75) is 59.5 Å². The number of carbonyl (C=O) groups is 2. The molecule has 1 N–H and O–H groups in total. The lowest BCUT2D eigenvalue weighted by atomic mass is 9.82. The number of aliphatic hydroxyl groups is 1. The molecule has 5 heteroatoms. The Morgan fingerprint density at radius 1 is 1.03 bits per heavy atom. The highest BCUT2D eigenvalue weighted by molar-refractivity contribution is 6.25. The first-order chi connectivity index (χ1) is 18.2. The van der Waals surface area contributed by atoms with E-state index in [1.54, 1.807) is 48.5 Å². The molecule has 0 saturated heterocycles. The van der Waals surface area contributed by atoms with Crippen LogP contribution in [0, 0.1) is 11.3 Å². The van der Waals surface area contributed by atoms with Gasteiger partial charge in [-0.25, -0.2) is 9.59 Å². The number of allylic oxidation sites excluding steroid dienone is 3. The molecule has 2 aromatic rings. The van der Waals surface area contributed by atoms with Crippen LogP contribution in [0.5, 0.6) is 0 Å². The van der Waals surface area contributed by atoms with Crippen LogP contribution in [-0.2, 0) is 19.1 Å². The summed E-state index contributed by atoms with van der Waals surface area (Å²) in [7, 11) is 0. The number of ether oxygens (including phenoxy) is 2. The number of aliphatic hydroxyl groups excluding tert-OH is 1. The SMILES string of the molecule is C/C1=C\CC[C@H](C)/C=C/C(C)(C)[C@H](OC(=O)/C(=C2\OC(=O)C(c3ccccc3)=C2O)c2ccccc2)CC1. The third-order valence-corrected chi connectivity index (χ3v) is 7.26. The minimum absolute atomic E-state index is 0.0229. The van der Waals surface area contributed by atoms with E-state index in [1.807, 2.05) is 12.1 Å². The number of carbonyl (C=O) groups excluding carboxylic acids is 2. The Morgan fingerprint density at radius 2 is 1.68 bits per heavy atom. The Balaban J connectivity index is 1.76. The molecule has 0 saturated carbocycles. The number of cyclic esters (lactones) is 1. The molecule has 0 spiro atoms. The molecule has 4 rings (SSSR count). The van der Waals surface area contributed by atoms with Crippen molar-refractivity contribution in [1.82, 2.24) is 0 Å². The molecule has 1 heterocycles. The molecule has 0 unspecified atom stereocenters. The fourth-order valence-corrected chi connectivity index (χ4v) is 4.82. The molecule has 0 fully saturated rings. The van der Waals surface area contributed by atoms with Crippen molar-refractivity contribution >= 4 is 23.1 Å². The van der Waals surface area contributed by atoms with Crippen molar-refractivity contribution < 1.29 is 24.2 Å². The molecule has 0 radical (unpaired) electrons. The summed E-state index contributed by atoms with van der Waals surface area (Å²) < 4.78 is 11.8. The van der Waals surface area contributed by atoms with E-state index in [0.717, 1.165) is 19.3 Å². The number of benzene rings is 2. The fourth-order valence-electron chi connectivity index (χ4n) is 4.82. The van der Waals surface area contributed by atoms with Gasteiger partial charge in [0, 0.05) is 5.41 Å². The lowest BCUT2D eigenvalue weighted by Crippen LogP contribution is -2.33. The van der Waals surface area contributed by atoms with Gasteiger partial charge in [-0.2, -0.15) is 0 Å². The molecule has 5 nitrogen and oxygen atoms in total. The van der Waals surface area contributed by atoms with Gasteiger partial charge in [0.25, 0.3) is 0 Å². The second-order valence-corrected chi connectivity index (χ2v) is 10.8. The monoisotopic (exact) mass is 512 g/mol. The lowest BCUT2D eigenvalue weighted by Gasteiger charge is -2.32. The predicted octanol–water partition coefficient (Wildman–Crippen LogP) is 7.57. The zero-order valence-electron chi connectivity index (χ0n) is 22.6. The molecule has 1 aliphatic carbocycles. The van der Waals surface area contributed by atoms with Crippen LogP contribution in [-0.4, -0.2) is 23.1 Å². The van der Waals surface area contributed by atoms with Crippen LogP contribution in [0.1, 0.15) is 64.5 Å². The highest BCUT2D eigenvalue weighted by atomic mass is 16.6. The van der Waals surface area contributed by atoms with Crippen molar-refractivity contribution in [2.24, 2.45) is 11.3 Å². The second-order valence-electron chi connectivity index (χ2n) is 10.8. The summed E-state index contributed by atoms with van der Waals surface area (Å²) >= 11 is 0. The lowest BCUT2D eigenvalue weighted by molar-refractivity contribution is -0.146. The van der Waals surface area contributed by atoms with Gasteiger partial charge in [0.2, 0.25) is 0 Å². The maximum absolute atomic E-state index is 13.9. The van der Waals surface area contributed by atoms with E-state index in [9.17, 15) is 14.7 Å². The van der Waals surface area contributed by atoms with Crippen LogP contribution in [0.4, 0.5) is 0 Å². The summed E-state index contributed by atoms with van der Waals surface area (Å²) in [5.41, 5.74) is 1.90. The van der Waals surface area contributed by atoms with E-state index in [-0.39, 0.29) is 22.7 Å². The Kier molecular flexibility index (Phi) is 8.35. The molecule has 2 atom stereocenters. The van der Waals surface area contributed by atoms with Crippen molar-refractivity contribution in [3.05, 3.63) is 107 Å². The first-order valence-electron chi connectivity index (χ1n) is 13.2. The Hall–Kier alpha value is -3.86. The second kappa shape index (κ2) is 11.7. The molecular weight excluding hydrogens is 476 g/mol. The molecular formula is C33H36O5. The number of esters is 2. The van der Waals surface area contributed by atoms with Crippen LogP contribution in [0.25, 0.3) is 11.1 Å². The van der Waals surface area contributed by atoms with E-state index < -0.39 is 23.5 Å². The van der Waals surface area contributed by atoms with Crippen LogP contribution in [0.2, 0.25) is 0 Å². The standard InChI is InChI=1S/C33H36O5/c1-22-12-11-13-23(2)20-21-33(3,4)26(19-18-22)37-32(36)28(25-16-9-6-10-17-25)30-29(34)27(31(35)38-30)24-14-7-5-8-15-24/h5-10,12,14-17,20-21,23,26,34H,11,13,18-19H2,1-4H3/b21-20+,22-12+,30-28-/t23-,26+/m0/s1. The molecule has 0 bridgehead atoms. The fraction of sp³-hybridized carbons (Fsp3) is 0.333. The van der Waals surface area contributed by atoms with Crippen LogP contribution >= 0.6 is 0 Å². The maximum atomic E-state index is 13.9. The Labute approximate surface area is 225 Å². The average molecular weight is 513 g/mol. The summed E-state index contributed by atoms with van der Waals surface area (Å²) in [5, 5.41) is 11.2. The topological polar surface area (TPSA) is 72.8 Å². The van der Waals surface area contributed by atoms with E-state index >= 15 is 0 Å². The van der Waals surface area contributed by atoms with Gasteiger partial charge in [-0.3, -0.25) is 0 Å². The normalized spacial score (nSPS) is 25.5. The predicted molar refractivity (Wildman–Crippen MR) is 150 cm³/mol. The van der Waals surface area contributed by atoms with Gasteiger partial charge < -0.3 is 14.6 Å². The highest BCUT2D eigenvalue weighted by Gasteiger charge is 2.38. The van der Waals surface area contributed by atoms with Crippen LogP contribution < -0.4 is 0 Å². The van der Waals surface area contributed by atoms with Crippen molar-refractivity contribution in [2.75, 3.05) is 0 Å². The Morgan fingerprint density at radius 3 is 2.37 bits per heavy atom. The van der Waals surface area contributed by atoms with Crippen LogP contribution in [0.15, 0.2) is 96.0 Å². The van der Waals surface area contributed by atoms with Gasteiger partial charge in [0.15, 0.2) is 11.5 Å². The molecule has 0 amide bonds. The molecule has 1 aliphatic heterocycles. The van der Waals surface area contributed by atoms with E-state index in [2.05, 4.69) is 45.9 Å².